The third-order valence-electron chi connectivity index (χ3n) is 2.76. The summed E-state index contributed by atoms with van der Waals surface area (Å²) in [7, 11) is 0. The minimum Gasteiger partial charge on any atom is -0.0616 e. The highest BCUT2D eigenvalue weighted by Crippen LogP contribution is 2.28. The highest BCUT2D eigenvalue weighted by atomic mass is 79.9. The lowest BCUT2D eigenvalue weighted by Gasteiger charge is -2.08. The zero-order valence-electron chi connectivity index (χ0n) is 9.57. The van der Waals surface area contributed by atoms with Gasteiger partial charge in [0.15, 0.2) is 0 Å². The van der Waals surface area contributed by atoms with Gasteiger partial charge in [0.1, 0.15) is 0 Å². The average molecular weight is 275 g/mol. The molecule has 0 heterocycles. The quantitative estimate of drug-likeness (QED) is 0.703. The van der Waals surface area contributed by atoms with Gasteiger partial charge < -0.3 is 0 Å². The van der Waals surface area contributed by atoms with Crippen LogP contribution < -0.4 is 0 Å². The molecule has 0 fully saturated rings. The molecule has 0 spiro atoms. The van der Waals surface area contributed by atoms with Crippen molar-refractivity contribution in [3.8, 4) is 11.1 Å². The van der Waals surface area contributed by atoms with Gasteiger partial charge in [-0.2, -0.15) is 0 Å². The fraction of sp³-hybridized carbons (Fsp3) is 0.200. The normalized spacial score (nSPS) is 10.8. The standard InChI is InChI=1S/C15H15Br/c1-11(2)12-7-9-13(10-8-12)14-5-3-4-6-15(14)16/h3-11H,1-2H3. The molecule has 1 heteroatoms. The zero-order valence-corrected chi connectivity index (χ0v) is 11.2. The van der Waals surface area contributed by atoms with Crippen LogP contribution in [0.2, 0.25) is 0 Å². The first-order valence-corrected chi connectivity index (χ1v) is 6.32. The molecule has 0 saturated heterocycles. The molecule has 0 saturated carbocycles. The lowest BCUT2D eigenvalue weighted by molar-refractivity contribution is 0.867. The van der Waals surface area contributed by atoms with Crippen LogP contribution in [-0.2, 0) is 0 Å². The van der Waals surface area contributed by atoms with Gasteiger partial charge in [-0.25, -0.2) is 0 Å². The van der Waals surface area contributed by atoms with Crippen molar-refractivity contribution in [1.29, 1.82) is 0 Å². The second-order valence-electron chi connectivity index (χ2n) is 4.26. The summed E-state index contributed by atoms with van der Waals surface area (Å²) in [5, 5.41) is 0. The van der Waals surface area contributed by atoms with Gasteiger partial charge in [0.2, 0.25) is 0 Å². The molecule has 0 unspecified atom stereocenters. The van der Waals surface area contributed by atoms with Gasteiger partial charge in [0.05, 0.1) is 0 Å². The molecule has 2 aromatic rings. The van der Waals surface area contributed by atoms with Crippen LogP contribution in [0, 0.1) is 0 Å². The first-order valence-electron chi connectivity index (χ1n) is 5.53. The van der Waals surface area contributed by atoms with Crippen LogP contribution in [0.15, 0.2) is 53.0 Å². The minimum atomic E-state index is 0.591. The third-order valence-corrected chi connectivity index (χ3v) is 3.45. The van der Waals surface area contributed by atoms with Crippen molar-refractivity contribution in [2.45, 2.75) is 19.8 Å². The molecule has 2 rings (SSSR count). The Morgan fingerprint density at radius 1 is 0.875 bits per heavy atom. The molecular weight excluding hydrogens is 260 g/mol. The molecule has 0 aliphatic carbocycles. The van der Waals surface area contributed by atoms with Crippen LogP contribution in [0.25, 0.3) is 11.1 Å². The van der Waals surface area contributed by atoms with Gasteiger partial charge >= 0.3 is 0 Å². The summed E-state index contributed by atoms with van der Waals surface area (Å²) in [5.74, 6) is 0.591. The van der Waals surface area contributed by atoms with Crippen molar-refractivity contribution in [1.82, 2.24) is 0 Å². The van der Waals surface area contributed by atoms with Gasteiger partial charge in [-0.3, -0.25) is 0 Å². The highest BCUT2D eigenvalue weighted by molar-refractivity contribution is 9.10. The highest BCUT2D eigenvalue weighted by Gasteiger charge is 2.03. The predicted molar refractivity (Wildman–Crippen MR) is 73.7 cm³/mol. The van der Waals surface area contributed by atoms with Gasteiger partial charge in [-0.1, -0.05) is 72.2 Å². The molecule has 0 N–H and O–H groups in total. The largest absolute Gasteiger partial charge is 0.0616 e. The Bertz CT molecular complexity index is 469. The molecule has 0 nitrogen and oxygen atoms in total. The van der Waals surface area contributed by atoms with E-state index in [-0.39, 0.29) is 0 Å². The van der Waals surface area contributed by atoms with E-state index in [1.165, 1.54) is 16.7 Å². The molecule has 2 aromatic carbocycles. The summed E-state index contributed by atoms with van der Waals surface area (Å²) in [4.78, 5) is 0. The van der Waals surface area contributed by atoms with Crippen LogP contribution in [0.4, 0.5) is 0 Å². The Balaban J connectivity index is 2.39. The van der Waals surface area contributed by atoms with Gasteiger partial charge in [0, 0.05) is 4.47 Å². The van der Waals surface area contributed by atoms with Crippen molar-refractivity contribution in [3.05, 3.63) is 58.6 Å². The fourth-order valence-electron chi connectivity index (χ4n) is 1.74. The van der Waals surface area contributed by atoms with Crippen LogP contribution in [-0.4, -0.2) is 0 Å². The van der Waals surface area contributed by atoms with E-state index < -0.39 is 0 Å². The summed E-state index contributed by atoms with van der Waals surface area (Å²) in [6.45, 7) is 4.43. The Kier molecular flexibility index (Phi) is 3.45. The maximum Gasteiger partial charge on any atom is 0.0253 e. The van der Waals surface area contributed by atoms with Crippen LogP contribution in [0.5, 0.6) is 0 Å². The van der Waals surface area contributed by atoms with Crippen molar-refractivity contribution in [2.75, 3.05) is 0 Å². The Labute approximate surface area is 105 Å². The molecule has 0 aromatic heterocycles. The number of rotatable bonds is 2. The van der Waals surface area contributed by atoms with E-state index in [0.717, 1.165) is 4.47 Å². The summed E-state index contributed by atoms with van der Waals surface area (Å²) >= 11 is 3.58. The number of hydrogen-bond acceptors (Lipinski definition) is 0. The van der Waals surface area contributed by atoms with Crippen LogP contribution >= 0.6 is 15.9 Å². The number of benzene rings is 2. The predicted octanol–water partition coefficient (Wildman–Crippen LogP) is 5.24. The minimum absolute atomic E-state index is 0.591. The number of hydrogen-bond donors (Lipinski definition) is 0. The van der Waals surface area contributed by atoms with Crippen molar-refractivity contribution < 1.29 is 0 Å². The van der Waals surface area contributed by atoms with E-state index in [0.29, 0.717) is 5.92 Å². The molecule has 0 bridgehead atoms. The molecule has 0 radical (unpaired) electrons. The first kappa shape index (κ1) is 11.4. The Hall–Kier alpha value is -1.08. The summed E-state index contributed by atoms with van der Waals surface area (Å²) in [5.41, 5.74) is 3.89. The molecule has 0 amide bonds. The van der Waals surface area contributed by atoms with Gasteiger partial charge in [-0.05, 0) is 28.7 Å². The first-order chi connectivity index (χ1) is 7.68. The van der Waals surface area contributed by atoms with E-state index in [2.05, 4.69) is 72.2 Å². The molecule has 0 atom stereocenters. The second-order valence-corrected chi connectivity index (χ2v) is 5.11. The van der Waals surface area contributed by atoms with Gasteiger partial charge in [0.25, 0.3) is 0 Å². The fourth-order valence-corrected chi connectivity index (χ4v) is 2.26. The summed E-state index contributed by atoms with van der Waals surface area (Å²) in [6, 6.07) is 17.1. The van der Waals surface area contributed by atoms with E-state index in [1.54, 1.807) is 0 Å². The zero-order chi connectivity index (χ0) is 11.5. The topological polar surface area (TPSA) is 0 Å². The van der Waals surface area contributed by atoms with Crippen LogP contribution in [0.1, 0.15) is 25.3 Å². The lowest BCUT2D eigenvalue weighted by Crippen LogP contribution is -1.87. The molecule has 82 valence electrons. The van der Waals surface area contributed by atoms with E-state index in [1.807, 2.05) is 6.07 Å². The molecular formula is C15H15Br. The molecule has 0 aliphatic rings. The molecule has 16 heavy (non-hydrogen) atoms. The average Bonchev–Trinajstić information content (AvgIpc) is 2.30. The maximum atomic E-state index is 3.58. The SMILES string of the molecule is CC(C)c1ccc(-c2ccccc2Br)cc1. The van der Waals surface area contributed by atoms with Crippen molar-refractivity contribution in [2.24, 2.45) is 0 Å². The van der Waals surface area contributed by atoms with E-state index >= 15 is 0 Å². The second kappa shape index (κ2) is 4.84. The van der Waals surface area contributed by atoms with E-state index in [9.17, 15) is 0 Å². The monoisotopic (exact) mass is 274 g/mol. The third kappa shape index (κ3) is 2.35. The summed E-state index contributed by atoms with van der Waals surface area (Å²) < 4.78 is 1.15. The molecule has 0 aliphatic heterocycles. The Morgan fingerprint density at radius 3 is 2.06 bits per heavy atom. The van der Waals surface area contributed by atoms with Crippen molar-refractivity contribution in [3.63, 3.8) is 0 Å². The van der Waals surface area contributed by atoms with Gasteiger partial charge in [-0.15, -0.1) is 0 Å². The Morgan fingerprint density at radius 2 is 1.50 bits per heavy atom. The smallest absolute Gasteiger partial charge is 0.0253 e. The number of halogens is 1. The summed E-state index contributed by atoms with van der Waals surface area (Å²) in [6.07, 6.45) is 0. The lowest BCUT2D eigenvalue weighted by atomic mass is 9.99. The van der Waals surface area contributed by atoms with E-state index in [4.69, 9.17) is 0 Å². The van der Waals surface area contributed by atoms with Crippen LogP contribution in [0.3, 0.4) is 0 Å². The maximum absolute atomic E-state index is 3.58. The van der Waals surface area contributed by atoms with Crippen molar-refractivity contribution >= 4 is 15.9 Å².